The van der Waals surface area contributed by atoms with Crippen molar-refractivity contribution >= 4 is 29.1 Å². The van der Waals surface area contributed by atoms with Crippen LogP contribution in [0.1, 0.15) is 0 Å². The molecule has 1 heterocycles. The van der Waals surface area contributed by atoms with Gasteiger partial charge in [0.05, 0.1) is 5.02 Å². The molecule has 7 heteroatoms. The van der Waals surface area contributed by atoms with E-state index in [0.717, 1.165) is 0 Å². The van der Waals surface area contributed by atoms with Gasteiger partial charge in [-0.25, -0.2) is 0 Å². The lowest BCUT2D eigenvalue weighted by Gasteiger charge is -2.17. The maximum Gasteiger partial charge on any atom is 0.260 e. The van der Waals surface area contributed by atoms with Gasteiger partial charge in [-0.05, 0) is 18.2 Å². The summed E-state index contributed by atoms with van der Waals surface area (Å²) in [6, 6.07) is 4.78. The second-order valence-electron chi connectivity index (χ2n) is 5.05. The molecule has 1 fully saturated rings. The summed E-state index contributed by atoms with van der Waals surface area (Å²) in [4.78, 5) is 13.7. The predicted octanol–water partition coefficient (Wildman–Crippen LogP) is 1.43. The molecule has 2 rings (SSSR count). The van der Waals surface area contributed by atoms with Crippen LogP contribution in [0.25, 0.3) is 0 Å². The van der Waals surface area contributed by atoms with Gasteiger partial charge in [0.2, 0.25) is 0 Å². The Morgan fingerprint density at radius 2 is 1.86 bits per heavy atom. The first-order valence-electron chi connectivity index (χ1n) is 6.62. The van der Waals surface area contributed by atoms with Gasteiger partial charge in [-0.2, -0.15) is 0 Å². The van der Waals surface area contributed by atoms with Gasteiger partial charge in [-0.1, -0.05) is 23.2 Å². The highest BCUT2D eigenvalue weighted by Crippen LogP contribution is 2.28. The zero-order valence-corrected chi connectivity index (χ0v) is 12.8. The summed E-state index contributed by atoms with van der Waals surface area (Å²) in [6.07, 6.45) is 0. The van der Waals surface area contributed by atoms with Crippen LogP contribution in [0.2, 0.25) is 10.0 Å². The van der Waals surface area contributed by atoms with Crippen LogP contribution < -0.4 is 4.74 Å². The Hall–Kier alpha value is -1.01. The molecule has 21 heavy (non-hydrogen) atoms. The molecule has 0 radical (unpaired) electrons. The van der Waals surface area contributed by atoms with E-state index in [9.17, 15) is 15.0 Å². The Bertz CT molecular complexity index is 500. The Balaban J connectivity index is 1.90. The predicted molar refractivity (Wildman–Crippen MR) is 79.7 cm³/mol. The van der Waals surface area contributed by atoms with E-state index in [1.54, 1.807) is 23.1 Å². The lowest BCUT2D eigenvalue weighted by molar-refractivity contribution is -0.132. The van der Waals surface area contributed by atoms with Crippen molar-refractivity contribution in [3.8, 4) is 5.75 Å². The highest BCUT2D eigenvalue weighted by atomic mass is 35.5. The summed E-state index contributed by atoms with van der Waals surface area (Å²) < 4.78 is 5.40. The second kappa shape index (κ2) is 7.31. The molecule has 1 amide bonds. The SMILES string of the molecule is O=C(COc1ccc(Cl)cc1Cl)N1C[C@@H](CO)[C@H](CO)C1. The topological polar surface area (TPSA) is 70.0 Å². The number of hydrogen-bond acceptors (Lipinski definition) is 4. The lowest BCUT2D eigenvalue weighted by atomic mass is 9.98. The molecule has 0 unspecified atom stereocenters. The molecule has 1 aromatic carbocycles. The zero-order valence-electron chi connectivity index (χ0n) is 11.3. The van der Waals surface area contributed by atoms with E-state index < -0.39 is 0 Å². The van der Waals surface area contributed by atoms with Crippen molar-refractivity contribution in [3.63, 3.8) is 0 Å². The highest BCUT2D eigenvalue weighted by molar-refractivity contribution is 6.35. The molecule has 1 aromatic rings. The van der Waals surface area contributed by atoms with Gasteiger partial charge in [0.1, 0.15) is 5.75 Å². The van der Waals surface area contributed by atoms with Crippen molar-refractivity contribution in [3.05, 3.63) is 28.2 Å². The Labute approximate surface area is 133 Å². The fourth-order valence-electron chi connectivity index (χ4n) is 2.38. The summed E-state index contributed by atoms with van der Waals surface area (Å²) in [7, 11) is 0. The minimum atomic E-state index is -0.199. The van der Waals surface area contributed by atoms with Gasteiger partial charge in [-0.3, -0.25) is 4.79 Å². The van der Waals surface area contributed by atoms with Crippen LogP contribution in [-0.2, 0) is 4.79 Å². The molecule has 0 spiro atoms. The van der Waals surface area contributed by atoms with Crippen molar-refractivity contribution < 1.29 is 19.7 Å². The van der Waals surface area contributed by atoms with E-state index in [4.69, 9.17) is 27.9 Å². The van der Waals surface area contributed by atoms with Gasteiger partial charge in [-0.15, -0.1) is 0 Å². The number of likely N-dealkylation sites (tertiary alicyclic amines) is 1. The normalized spacial score (nSPS) is 21.6. The molecule has 0 saturated carbocycles. The highest BCUT2D eigenvalue weighted by Gasteiger charge is 2.34. The standard InChI is InChI=1S/C14H17Cl2NO4/c15-11-1-2-13(12(16)3-11)21-8-14(20)17-4-9(6-18)10(5-17)7-19/h1-3,9-10,18-19H,4-8H2/t9-,10-/m0/s1. The number of carbonyl (C=O) groups excluding carboxylic acids is 1. The van der Waals surface area contributed by atoms with Crippen molar-refractivity contribution in [2.75, 3.05) is 32.9 Å². The van der Waals surface area contributed by atoms with Crippen LogP contribution in [-0.4, -0.2) is 53.9 Å². The Kier molecular flexibility index (Phi) is 5.70. The lowest BCUT2D eigenvalue weighted by Crippen LogP contribution is -2.33. The van der Waals surface area contributed by atoms with E-state index >= 15 is 0 Å². The summed E-state index contributed by atoms with van der Waals surface area (Å²) in [5, 5.41) is 19.3. The van der Waals surface area contributed by atoms with Crippen LogP contribution in [0.15, 0.2) is 18.2 Å². The van der Waals surface area contributed by atoms with Crippen molar-refractivity contribution in [2.45, 2.75) is 0 Å². The van der Waals surface area contributed by atoms with Crippen LogP contribution in [0.5, 0.6) is 5.75 Å². The molecule has 2 N–H and O–H groups in total. The van der Waals surface area contributed by atoms with Crippen LogP contribution in [0.3, 0.4) is 0 Å². The summed E-state index contributed by atoms with van der Waals surface area (Å²) >= 11 is 11.7. The molecule has 0 bridgehead atoms. The van der Waals surface area contributed by atoms with Gasteiger partial charge in [0, 0.05) is 43.2 Å². The number of ether oxygens (including phenoxy) is 1. The van der Waals surface area contributed by atoms with Crippen molar-refractivity contribution in [1.29, 1.82) is 0 Å². The fraction of sp³-hybridized carbons (Fsp3) is 0.500. The maximum absolute atomic E-state index is 12.1. The smallest absolute Gasteiger partial charge is 0.260 e. The summed E-state index contributed by atoms with van der Waals surface area (Å²) in [5.41, 5.74) is 0. The minimum absolute atomic E-state index is 0.0428. The monoisotopic (exact) mass is 333 g/mol. The number of aliphatic hydroxyl groups is 2. The number of nitrogens with zero attached hydrogens (tertiary/aromatic N) is 1. The van der Waals surface area contributed by atoms with E-state index in [0.29, 0.717) is 28.9 Å². The number of amides is 1. The molecule has 1 aliphatic heterocycles. The minimum Gasteiger partial charge on any atom is -0.482 e. The number of aliphatic hydroxyl groups excluding tert-OH is 2. The third-order valence-corrected chi connectivity index (χ3v) is 4.17. The van der Waals surface area contributed by atoms with Crippen LogP contribution >= 0.6 is 23.2 Å². The number of benzene rings is 1. The molecule has 116 valence electrons. The van der Waals surface area contributed by atoms with E-state index in [1.807, 2.05) is 0 Å². The molecule has 1 aliphatic rings. The molecule has 0 aliphatic carbocycles. The third-order valence-electron chi connectivity index (χ3n) is 3.64. The van der Waals surface area contributed by atoms with E-state index in [2.05, 4.69) is 0 Å². The fourth-order valence-corrected chi connectivity index (χ4v) is 2.84. The van der Waals surface area contributed by atoms with Gasteiger partial charge < -0.3 is 19.8 Å². The molecular weight excluding hydrogens is 317 g/mol. The van der Waals surface area contributed by atoms with E-state index in [-0.39, 0.29) is 37.6 Å². The number of halogens is 2. The molecule has 5 nitrogen and oxygen atoms in total. The van der Waals surface area contributed by atoms with Crippen molar-refractivity contribution in [2.24, 2.45) is 11.8 Å². The molecular formula is C14H17Cl2NO4. The number of carbonyl (C=O) groups is 1. The zero-order chi connectivity index (χ0) is 15.4. The Morgan fingerprint density at radius 3 is 2.38 bits per heavy atom. The van der Waals surface area contributed by atoms with Crippen LogP contribution in [0.4, 0.5) is 0 Å². The number of rotatable bonds is 5. The molecule has 0 aromatic heterocycles. The largest absolute Gasteiger partial charge is 0.482 e. The third kappa shape index (κ3) is 4.01. The second-order valence-corrected chi connectivity index (χ2v) is 5.89. The van der Waals surface area contributed by atoms with E-state index in [1.165, 1.54) is 0 Å². The first-order valence-corrected chi connectivity index (χ1v) is 7.38. The van der Waals surface area contributed by atoms with Crippen LogP contribution in [0, 0.1) is 11.8 Å². The quantitative estimate of drug-likeness (QED) is 0.855. The Morgan fingerprint density at radius 1 is 1.24 bits per heavy atom. The average Bonchev–Trinajstić information content (AvgIpc) is 2.89. The van der Waals surface area contributed by atoms with Gasteiger partial charge in [0.15, 0.2) is 6.61 Å². The maximum atomic E-state index is 12.1. The first-order chi connectivity index (χ1) is 10.0. The number of hydrogen-bond donors (Lipinski definition) is 2. The van der Waals surface area contributed by atoms with Gasteiger partial charge in [0.25, 0.3) is 5.91 Å². The summed E-state index contributed by atoms with van der Waals surface area (Å²) in [5.74, 6) is 0.0255. The summed E-state index contributed by atoms with van der Waals surface area (Å²) in [6.45, 7) is 0.631. The molecule has 2 atom stereocenters. The molecule has 1 saturated heterocycles. The van der Waals surface area contributed by atoms with Gasteiger partial charge >= 0.3 is 0 Å². The average molecular weight is 334 g/mol. The first kappa shape index (κ1) is 16.4. The van der Waals surface area contributed by atoms with Crippen molar-refractivity contribution in [1.82, 2.24) is 4.90 Å².